The summed E-state index contributed by atoms with van der Waals surface area (Å²) in [5, 5.41) is 7.86. The summed E-state index contributed by atoms with van der Waals surface area (Å²) in [5.74, 6) is 0.653. The lowest BCUT2D eigenvalue weighted by Gasteiger charge is -2.12. The second kappa shape index (κ2) is 8.01. The minimum absolute atomic E-state index is 0.653. The lowest BCUT2D eigenvalue weighted by molar-refractivity contribution is 0.669. The Morgan fingerprint density at radius 1 is 0.475 bits per heavy atom. The molecular formula is C36H21N3O. The van der Waals surface area contributed by atoms with Gasteiger partial charge < -0.3 is 4.42 Å². The minimum atomic E-state index is 0.653. The molecule has 0 atom stereocenters. The van der Waals surface area contributed by atoms with Crippen molar-refractivity contribution in [3.8, 4) is 17.2 Å². The summed E-state index contributed by atoms with van der Waals surface area (Å²) >= 11 is 0. The van der Waals surface area contributed by atoms with Gasteiger partial charge in [-0.05, 0) is 47.2 Å². The van der Waals surface area contributed by atoms with Crippen LogP contribution in [0.2, 0.25) is 0 Å². The van der Waals surface area contributed by atoms with Gasteiger partial charge in [-0.3, -0.25) is 4.57 Å². The Balaban J connectivity index is 1.47. The van der Waals surface area contributed by atoms with Crippen LogP contribution in [0.5, 0.6) is 0 Å². The number of benzene rings is 6. The van der Waals surface area contributed by atoms with Gasteiger partial charge in [-0.25, -0.2) is 9.97 Å². The van der Waals surface area contributed by atoms with Crippen LogP contribution in [0.25, 0.3) is 82.6 Å². The van der Waals surface area contributed by atoms with E-state index in [9.17, 15) is 0 Å². The summed E-state index contributed by atoms with van der Waals surface area (Å²) in [6, 6.07) is 44.3. The molecule has 0 saturated carbocycles. The number of furan rings is 1. The highest BCUT2D eigenvalue weighted by molar-refractivity contribution is 6.19. The second-order valence-electron chi connectivity index (χ2n) is 10.3. The predicted molar refractivity (Wildman–Crippen MR) is 164 cm³/mol. The predicted octanol–water partition coefficient (Wildman–Crippen LogP) is 9.45. The number of nitrogens with zero attached hydrogens (tertiary/aromatic N) is 3. The molecule has 0 fully saturated rings. The minimum Gasteiger partial charge on any atom is -0.456 e. The number of aromatic nitrogens is 3. The molecule has 186 valence electrons. The zero-order valence-corrected chi connectivity index (χ0v) is 21.4. The maximum Gasteiger partial charge on any atom is 0.235 e. The Morgan fingerprint density at radius 3 is 2.02 bits per heavy atom. The monoisotopic (exact) mass is 511 g/mol. The number of para-hydroxylation sites is 2. The lowest BCUT2D eigenvalue weighted by atomic mass is 10.1. The van der Waals surface area contributed by atoms with E-state index in [-0.39, 0.29) is 0 Å². The fourth-order valence-corrected chi connectivity index (χ4v) is 6.12. The first kappa shape index (κ1) is 21.5. The van der Waals surface area contributed by atoms with Crippen LogP contribution in [0.3, 0.4) is 0 Å². The van der Waals surface area contributed by atoms with Gasteiger partial charge in [0.05, 0.1) is 22.2 Å². The molecular weight excluding hydrogens is 490 g/mol. The van der Waals surface area contributed by atoms with Gasteiger partial charge in [-0.2, -0.15) is 0 Å². The van der Waals surface area contributed by atoms with Gasteiger partial charge in [0, 0.05) is 32.5 Å². The molecule has 0 saturated heterocycles. The smallest absolute Gasteiger partial charge is 0.235 e. The van der Waals surface area contributed by atoms with Gasteiger partial charge in [0.15, 0.2) is 0 Å². The van der Waals surface area contributed by atoms with Crippen molar-refractivity contribution in [2.75, 3.05) is 0 Å². The van der Waals surface area contributed by atoms with E-state index in [1.165, 1.54) is 10.8 Å². The highest BCUT2D eigenvalue weighted by Crippen LogP contribution is 2.39. The Bertz CT molecular complexity index is 2430. The third-order valence-corrected chi connectivity index (χ3v) is 7.97. The zero-order chi connectivity index (χ0) is 26.2. The van der Waals surface area contributed by atoms with Crippen LogP contribution in [0.15, 0.2) is 132 Å². The van der Waals surface area contributed by atoms with Crippen molar-refractivity contribution in [3.63, 3.8) is 0 Å². The standard InChI is InChI=1S/C36H21N3O/c1-2-10-22(11-3-1)35-26-15-6-8-16-30(26)37-36(38-35)39-31-19-24-13-5-4-12-23(24)18-27(31)28-21-34-29(20-32(28)39)25-14-7-9-17-33(25)40-34/h1-21H. The molecule has 0 radical (unpaired) electrons. The molecule has 0 unspecified atom stereocenters. The third kappa shape index (κ3) is 3.01. The van der Waals surface area contributed by atoms with E-state index in [2.05, 4.69) is 102 Å². The van der Waals surface area contributed by atoms with Gasteiger partial charge >= 0.3 is 0 Å². The number of hydrogen-bond acceptors (Lipinski definition) is 3. The van der Waals surface area contributed by atoms with Crippen LogP contribution in [0.1, 0.15) is 0 Å². The van der Waals surface area contributed by atoms with Crippen molar-refractivity contribution in [2.45, 2.75) is 0 Å². The maximum atomic E-state index is 6.31. The average Bonchev–Trinajstić information content (AvgIpc) is 3.53. The van der Waals surface area contributed by atoms with E-state index >= 15 is 0 Å². The average molecular weight is 512 g/mol. The van der Waals surface area contributed by atoms with Crippen molar-refractivity contribution in [1.82, 2.24) is 14.5 Å². The Labute approximate surface area is 228 Å². The Kier molecular flexibility index (Phi) is 4.30. The van der Waals surface area contributed by atoms with E-state index in [0.717, 1.165) is 65.9 Å². The number of rotatable bonds is 2. The molecule has 0 N–H and O–H groups in total. The summed E-state index contributed by atoms with van der Waals surface area (Å²) in [6.45, 7) is 0. The fraction of sp³-hybridized carbons (Fsp3) is 0. The molecule has 0 aliphatic carbocycles. The van der Waals surface area contributed by atoms with Crippen LogP contribution in [-0.4, -0.2) is 14.5 Å². The van der Waals surface area contributed by atoms with Crippen LogP contribution in [-0.2, 0) is 0 Å². The molecule has 3 aromatic heterocycles. The van der Waals surface area contributed by atoms with E-state index < -0.39 is 0 Å². The first-order valence-electron chi connectivity index (χ1n) is 13.4. The van der Waals surface area contributed by atoms with Crippen molar-refractivity contribution in [1.29, 1.82) is 0 Å². The van der Waals surface area contributed by atoms with Gasteiger partial charge in [0.25, 0.3) is 0 Å². The maximum absolute atomic E-state index is 6.31. The molecule has 4 heteroatoms. The van der Waals surface area contributed by atoms with Crippen LogP contribution >= 0.6 is 0 Å². The molecule has 0 amide bonds. The van der Waals surface area contributed by atoms with E-state index in [4.69, 9.17) is 14.4 Å². The SMILES string of the molecule is c1ccc(-c2nc(-n3c4cc5ccccc5cc4c4cc5oc6ccccc6c5cc43)nc3ccccc23)cc1. The fourth-order valence-electron chi connectivity index (χ4n) is 6.12. The molecule has 40 heavy (non-hydrogen) atoms. The highest BCUT2D eigenvalue weighted by Gasteiger charge is 2.20. The topological polar surface area (TPSA) is 43.9 Å². The summed E-state index contributed by atoms with van der Waals surface area (Å²) < 4.78 is 8.53. The van der Waals surface area contributed by atoms with E-state index in [0.29, 0.717) is 5.95 Å². The Morgan fingerprint density at radius 2 is 1.15 bits per heavy atom. The molecule has 3 heterocycles. The summed E-state index contributed by atoms with van der Waals surface area (Å²) in [7, 11) is 0. The first-order chi connectivity index (χ1) is 19.8. The molecule has 9 rings (SSSR count). The van der Waals surface area contributed by atoms with Crippen LogP contribution in [0.4, 0.5) is 0 Å². The summed E-state index contributed by atoms with van der Waals surface area (Å²) in [4.78, 5) is 10.4. The second-order valence-corrected chi connectivity index (χ2v) is 10.3. The molecule has 0 bridgehead atoms. The van der Waals surface area contributed by atoms with E-state index in [1.807, 2.05) is 30.3 Å². The zero-order valence-electron chi connectivity index (χ0n) is 21.4. The molecule has 0 aliphatic rings. The molecule has 0 spiro atoms. The normalized spacial score (nSPS) is 12.0. The van der Waals surface area contributed by atoms with Crippen LogP contribution in [0, 0.1) is 0 Å². The quantitative estimate of drug-likeness (QED) is 0.232. The first-order valence-corrected chi connectivity index (χ1v) is 13.4. The van der Waals surface area contributed by atoms with E-state index in [1.54, 1.807) is 0 Å². The van der Waals surface area contributed by atoms with Crippen molar-refractivity contribution in [3.05, 3.63) is 127 Å². The highest BCUT2D eigenvalue weighted by atomic mass is 16.3. The molecule has 4 nitrogen and oxygen atoms in total. The number of hydrogen-bond donors (Lipinski definition) is 0. The van der Waals surface area contributed by atoms with Crippen LogP contribution < -0.4 is 0 Å². The Hall–Kier alpha value is -5.48. The third-order valence-electron chi connectivity index (χ3n) is 7.97. The lowest BCUT2D eigenvalue weighted by Crippen LogP contribution is -2.03. The van der Waals surface area contributed by atoms with Gasteiger partial charge in [0.2, 0.25) is 5.95 Å². The van der Waals surface area contributed by atoms with Crippen molar-refractivity contribution < 1.29 is 4.42 Å². The largest absolute Gasteiger partial charge is 0.456 e. The summed E-state index contributed by atoms with van der Waals surface area (Å²) in [5.41, 5.74) is 6.80. The van der Waals surface area contributed by atoms with Gasteiger partial charge in [0.1, 0.15) is 11.2 Å². The molecule has 0 aliphatic heterocycles. The van der Waals surface area contributed by atoms with Crippen molar-refractivity contribution >= 4 is 65.4 Å². The van der Waals surface area contributed by atoms with Gasteiger partial charge in [-0.1, -0.05) is 91.0 Å². The van der Waals surface area contributed by atoms with Gasteiger partial charge in [-0.15, -0.1) is 0 Å². The molecule has 6 aromatic carbocycles. The summed E-state index contributed by atoms with van der Waals surface area (Å²) in [6.07, 6.45) is 0. The van der Waals surface area contributed by atoms with Crippen molar-refractivity contribution in [2.24, 2.45) is 0 Å². The number of fused-ring (bicyclic) bond motifs is 8. The molecule has 9 aromatic rings.